The number of non-ortho nitro benzene ring substituents is 1. The first kappa shape index (κ1) is 25.4. The number of carbonyl (C=O) groups excluding carboxylic acids is 3. The second kappa shape index (κ2) is 11.7. The van der Waals surface area contributed by atoms with Crippen molar-refractivity contribution in [2.75, 3.05) is 19.5 Å². The van der Waals surface area contributed by atoms with E-state index in [-0.39, 0.29) is 22.7 Å². The van der Waals surface area contributed by atoms with Crippen molar-refractivity contribution in [2.24, 2.45) is 5.10 Å². The van der Waals surface area contributed by atoms with E-state index in [2.05, 4.69) is 15.8 Å². The molecule has 2 amide bonds. The van der Waals surface area contributed by atoms with Crippen molar-refractivity contribution in [1.82, 2.24) is 5.43 Å². The number of anilines is 1. The largest absolute Gasteiger partial charge is 0.497 e. The van der Waals surface area contributed by atoms with Gasteiger partial charge in [0, 0.05) is 17.8 Å². The van der Waals surface area contributed by atoms with Crippen LogP contribution in [0.2, 0.25) is 0 Å². The molecule has 0 heterocycles. The highest BCUT2D eigenvalue weighted by molar-refractivity contribution is 6.39. The molecule has 0 aliphatic rings. The van der Waals surface area contributed by atoms with E-state index in [0.717, 1.165) is 0 Å². The van der Waals surface area contributed by atoms with Crippen LogP contribution < -0.4 is 25.0 Å². The van der Waals surface area contributed by atoms with Crippen molar-refractivity contribution in [3.8, 4) is 17.2 Å². The molecule has 0 aliphatic carbocycles. The molecule has 0 bridgehead atoms. The van der Waals surface area contributed by atoms with E-state index in [9.17, 15) is 24.5 Å². The Bertz CT molecular complexity index is 1300. The molecule has 3 rings (SSSR count). The molecule has 0 aromatic heterocycles. The number of ether oxygens (including phenoxy) is 3. The first-order valence-corrected chi connectivity index (χ1v) is 10.2. The number of methoxy groups -OCH3 is 2. The number of amides is 2. The second-order valence-electron chi connectivity index (χ2n) is 6.99. The van der Waals surface area contributed by atoms with Gasteiger partial charge in [0.1, 0.15) is 5.75 Å². The van der Waals surface area contributed by atoms with Crippen LogP contribution in [0.5, 0.6) is 17.2 Å². The van der Waals surface area contributed by atoms with Gasteiger partial charge in [-0.1, -0.05) is 0 Å². The van der Waals surface area contributed by atoms with Crippen LogP contribution >= 0.6 is 0 Å². The summed E-state index contributed by atoms with van der Waals surface area (Å²) in [4.78, 5) is 46.5. The number of nitrogens with zero attached hydrogens (tertiary/aromatic N) is 2. The Morgan fingerprint density at radius 2 is 1.58 bits per heavy atom. The molecule has 0 radical (unpaired) electrons. The zero-order valence-electron chi connectivity index (χ0n) is 19.1. The number of nitro groups is 1. The Balaban J connectivity index is 1.59. The lowest BCUT2D eigenvalue weighted by atomic mass is 10.2. The predicted molar refractivity (Wildman–Crippen MR) is 128 cm³/mol. The standard InChI is InChI=1S/C24H20N4O8/c1-34-19-10-6-17(7-11-19)26-22(29)23(30)27-25-14-15-3-12-20(21(13-15)35-2)36-24(31)16-4-8-18(9-5-16)28(32)33/h3-14H,1-2H3,(H,26,29)(H,27,30)/b25-14+. The van der Waals surface area contributed by atoms with Gasteiger partial charge in [0.25, 0.3) is 5.69 Å². The average molecular weight is 492 g/mol. The first-order valence-electron chi connectivity index (χ1n) is 10.2. The molecule has 0 spiro atoms. The number of nitro benzene ring substituents is 1. The smallest absolute Gasteiger partial charge is 0.343 e. The van der Waals surface area contributed by atoms with Gasteiger partial charge in [0.2, 0.25) is 0 Å². The van der Waals surface area contributed by atoms with Crippen molar-refractivity contribution in [3.63, 3.8) is 0 Å². The third-order valence-corrected chi connectivity index (χ3v) is 4.64. The molecule has 0 unspecified atom stereocenters. The SMILES string of the molecule is COc1ccc(NC(=O)C(=O)N/N=C/c2ccc(OC(=O)c3ccc([N+](=O)[O-])cc3)c(OC)c2)cc1. The van der Waals surface area contributed by atoms with Crippen molar-refractivity contribution < 1.29 is 33.5 Å². The summed E-state index contributed by atoms with van der Waals surface area (Å²) < 4.78 is 15.6. The number of hydrogen-bond donors (Lipinski definition) is 2. The van der Waals surface area contributed by atoms with Crippen LogP contribution in [0.1, 0.15) is 15.9 Å². The van der Waals surface area contributed by atoms with E-state index in [4.69, 9.17) is 14.2 Å². The summed E-state index contributed by atoms with van der Waals surface area (Å²) in [7, 11) is 2.88. The topological polar surface area (TPSA) is 158 Å². The van der Waals surface area contributed by atoms with Gasteiger partial charge in [-0.25, -0.2) is 10.2 Å². The monoisotopic (exact) mass is 492 g/mol. The Morgan fingerprint density at radius 3 is 2.19 bits per heavy atom. The zero-order valence-corrected chi connectivity index (χ0v) is 19.1. The molecule has 184 valence electrons. The van der Waals surface area contributed by atoms with Crippen molar-refractivity contribution >= 4 is 35.4 Å². The van der Waals surface area contributed by atoms with Gasteiger partial charge in [0.05, 0.1) is 30.9 Å². The molecule has 0 fully saturated rings. The summed E-state index contributed by atoms with van der Waals surface area (Å²) in [5, 5.41) is 16.9. The normalized spacial score (nSPS) is 10.4. The minimum atomic E-state index is -0.984. The van der Waals surface area contributed by atoms with E-state index in [1.807, 2.05) is 0 Å². The molecule has 12 heteroatoms. The molecule has 0 saturated carbocycles. The summed E-state index contributed by atoms with van der Waals surface area (Å²) in [5.74, 6) is -1.74. The maximum Gasteiger partial charge on any atom is 0.343 e. The third kappa shape index (κ3) is 6.63. The summed E-state index contributed by atoms with van der Waals surface area (Å²) in [5.41, 5.74) is 2.95. The van der Waals surface area contributed by atoms with Gasteiger partial charge in [-0.3, -0.25) is 19.7 Å². The second-order valence-corrected chi connectivity index (χ2v) is 6.99. The van der Waals surface area contributed by atoms with E-state index in [1.54, 1.807) is 24.3 Å². The van der Waals surface area contributed by atoms with Crippen molar-refractivity contribution in [1.29, 1.82) is 0 Å². The number of carbonyl (C=O) groups is 3. The Kier molecular flexibility index (Phi) is 8.27. The third-order valence-electron chi connectivity index (χ3n) is 4.64. The van der Waals surface area contributed by atoms with Gasteiger partial charge in [0.15, 0.2) is 11.5 Å². The highest BCUT2D eigenvalue weighted by atomic mass is 16.6. The number of hydrogen-bond acceptors (Lipinski definition) is 9. The molecule has 3 aromatic rings. The molecular formula is C24H20N4O8. The van der Waals surface area contributed by atoms with Gasteiger partial charge >= 0.3 is 17.8 Å². The first-order chi connectivity index (χ1) is 17.3. The fourth-order valence-corrected chi connectivity index (χ4v) is 2.81. The molecule has 0 atom stereocenters. The number of esters is 1. The van der Waals surface area contributed by atoms with Crippen molar-refractivity contribution in [2.45, 2.75) is 0 Å². The maximum atomic E-state index is 12.4. The number of benzene rings is 3. The van der Waals surface area contributed by atoms with Gasteiger partial charge < -0.3 is 19.5 Å². The number of rotatable bonds is 8. The van der Waals surface area contributed by atoms with E-state index >= 15 is 0 Å². The molecule has 0 aliphatic heterocycles. The summed E-state index contributed by atoms with van der Waals surface area (Å²) >= 11 is 0. The van der Waals surface area contributed by atoms with Crippen LogP contribution in [0.25, 0.3) is 0 Å². The van der Waals surface area contributed by atoms with Crippen LogP contribution in [0.3, 0.4) is 0 Å². The summed E-state index contributed by atoms with van der Waals surface area (Å²) in [6.45, 7) is 0. The lowest BCUT2D eigenvalue weighted by molar-refractivity contribution is -0.384. The molecule has 0 saturated heterocycles. The van der Waals surface area contributed by atoms with Gasteiger partial charge in [-0.2, -0.15) is 5.10 Å². The van der Waals surface area contributed by atoms with Crippen LogP contribution in [0.4, 0.5) is 11.4 Å². The van der Waals surface area contributed by atoms with E-state index < -0.39 is 22.7 Å². The average Bonchev–Trinajstić information content (AvgIpc) is 2.89. The van der Waals surface area contributed by atoms with Gasteiger partial charge in [-0.05, 0) is 60.2 Å². The fraction of sp³-hybridized carbons (Fsp3) is 0.0833. The Hall–Kier alpha value is -5.26. The quantitative estimate of drug-likeness (QED) is 0.121. The molecule has 12 nitrogen and oxygen atoms in total. The molecular weight excluding hydrogens is 472 g/mol. The lowest BCUT2D eigenvalue weighted by Gasteiger charge is -2.10. The highest BCUT2D eigenvalue weighted by Gasteiger charge is 2.15. The number of hydrazone groups is 1. The molecule has 2 N–H and O–H groups in total. The highest BCUT2D eigenvalue weighted by Crippen LogP contribution is 2.28. The predicted octanol–water partition coefficient (Wildman–Crippen LogP) is 2.92. The van der Waals surface area contributed by atoms with Crippen LogP contribution in [-0.2, 0) is 9.59 Å². The van der Waals surface area contributed by atoms with E-state index in [1.165, 1.54) is 62.9 Å². The Labute approximate surface area is 204 Å². The van der Waals surface area contributed by atoms with Crippen LogP contribution in [0, 0.1) is 10.1 Å². The van der Waals surface area contributed by atoms with Crippen LogP contribution in [-0.4, -0.2) is 43.1 Å². The number of nitrogens with one attached hydrogen (secondary N) is 2. The molecule has 3 aromatic carbocycles. The minimum Gasteiger partial charge on any atom is -0.497 e. The maximum absolute atomic E-state index is 12.4. The lowest BCUT2D eigenvalue weighted by Crippen LogP contribution is -2.32. The zero-order chi connectivity index (χ0) is 26.1. The minimum absolute atomic E-state index is 0.0981. The summed E-state index contributed by atoms with van der Waals surface area (Å²) in [6, 6.07) is 15.8. The molecule has 36 heavy (non-hydrogen) atoms. The summed E-state index contributed by atoms with van der Waals surface area (Å²) in [6.07, 6.45) is 1.27. The fourth-order valence-electron chi connectivity index (χ4n) is 2.81. The van der Waals surface area contributed by atoms with Crippen molar-refractivity contribution in [3.05, 3.63) is 88.0 Å². The van der Waals surface area contributed by atoms with Crippen LogP contribution in [0.15, 0.2) is 71.8 Å². The van der Waals surface area contributed by atoms with Gasteiger partial charge in [-0.15, -0.1) is 0 Å². The Morgan fingerprint density at radius 1 is 0.889 bits per heavy atom. The van der Waals surface area contributed by atoms with E-state index in [0.29, 0.717) is 17.0 Å².